The standard InChI is InChI=1S/C24H24N2O5S/c1-5-13-26-18-10-9-17(23(28)31-6-2)15-21(18)32-24(26)25-22(27)12-8-16-7-11-19(29-3)20(14-16)30-4/h5,7-12,14-15H,1,6,13H2,2-4H3/b12-8-,25-24?. The van der Waals surface area contributed by atoms with Crippen LogP contribution in [0.3, 0.4) is 0 Å². The quantitative estimate of drug-likeness (QED) is 0.290. The number of carbonyl (C=O) groups is 2. The number of thiazole rings is 1. The van der Waals surface area contributed by atoms with Gasteiger partial charge in [-0.2, -0.15) is 4.99 Å². The zero-order chi connectivity index (χ0) is 23.1. The maximum atomic E-state index is 12.5. The van der Waals surface area contributed by atoms with Gasteiger partial charge < -0.3 is 18.8 Å². The van der Waals surface area contributed by atoms with E-state index in [0.717, 1.165) is 15.8 Å². The minimum absolute atomic E-state index is 0.305. The second-order valence-corrected chi connectivity index (χ2v) is 7.59. The molecule has 0 aliphatic heterocycles. The van der Waals surface area contributed by atoms with Crippen LogP contribution in [0.15, 0.2) is 60.1 Å². The third-order valence-electron chi connectivity index (χ3n) is 4.54. The highest BCUT2D eigenvalue weighted by molar-refractivity contribution is 7.16. The molecule has 0 radical (unpaired) electrons. The molecule has 32 heavy (non-hydrogen) atoms. The van der Waals surface area contributed by atoms with Crippen LogP contribution in [0.2, 0.25) is 0 Å². The van der Waals surface area contributed by atoms with Crippen molar-refractivity contribution in [3.05, 3.63) is 71.1 Å². The normalized spacial score (nSPS) is 11.7. The molecule has 0 fully saturated rings. The summed E-state index contributed by atoms with van der Waals surface area (Å²) in [5.41, 5.74) is 2.09. The number of methoxy groups -OCH3 is 2. The van der Waals surface area contributed by atoms with E-state index in [-0.39, 0.29) is 5.97 Å². The maximum Gasteiger partial charge on any atom is 0.338 e. The molecule has 0 spiro atoms. The number of ether oxygens (including phenoxy) is 3. The highest BCUT2D eigenvalue weighted by Crippen LogP contribution is 2.28. The van der Waals surface area contributed by atoms with Gasteiger partial charge in [0.05, 0.1) is 36.6 Å². The van der Waals surface area contributed by atoms with E-state index in [1.807, 2.05) is 16.7 Å². The van der Waals surface area contributed by atoms with Gasteiger partial charge in [-0.1, -0.05) is 23.5 Å². The van der Waals surface area contributed by atoms with Gasteiger partial charge in [-0.05, 0) is 48.9 Å². The first kappa shape index (κ1) is 23.0. The van der Waals surface area contributed by atoms with Gasteiger partial charge in [0.15, 0.2) is 16.3 Å². The number of aromatic nitrogens is 1. The fourth-order valence-corrected chi connectivity index (χ4v) is 4.15. The van der Waals surface area contributed by atoms with Gasteiger partial charge in [0.1, 0.15) is 0 Å². The highest BCUT2D eigenvalue weighted by Gasteiger charge is 2.12. The summed E-state index contributed by atoms with van der Waals surface area (Å²) in [6.07, 6.45) is 4.79. The van der Waals surface area contributed by atoms with Gasteiger partial charge in [0, 0.05) is 12.6 Å². The number of hydrogen-bond acceptors (Lipinski definition) is 6. The Labute approximate surface area is 189 Å². The van der Waals surface area contributed by atoms with Crippen molar-refractivity contribution in [1.82, 2.24) is 4.57 Å². The second kappa shape index (κ2) is 10.6. The monoisotopic (exact) mass is 452 g/mol. The molecule has 7 nitrogen and oxygen atoms in total. The SMILES string of the molecule is C=CCn1c(=NC(=O)/C=C\c2ccc(OC)c(OC)c2)sc2cc(C(=O)OCC)ccc21. The molecule has 0 bridgehead atoms. The van der Waals surface area contributed by atoms with Crippen LogP contribution in [-0.2, 0) is 16.1 Å². The predicted octanol–water partition coefficient (Wildman–Crippen LogP) is 4.22. The number of benzene rings is 2. The molecule has 0 saturated carbocycles. The van der Waals surface area contributed by atoms with E-state index in [1.54, 1.807) is 57.6 Å². The summed E-state index contributed by atoms with van der Waals surface area (Å²) in [5.74, 6) is 0.392. The predicted molar refractivity (Wildman–Crippen MR) is 125 cm³/mol. The third-order valence-corrected chi connectivity index (χ3v) is 5.58. The number of fused-ring (bicyclic) bond motifs is 1. The first-order valence-electron chi connectivity index (χ1n) is 9.91. The summed E-state index contributed by atoms with van der Waals surface area (Å²) in [5, 5.41) is 0. The molecule has 3 rings (SSSR count). The lowest BCUT2D eigenvalue weighted by atomic mass is 10.2. The Morgan fingerprint density at radius 3 is 2.59 bits per heavy atom. The Balaban J connectivity index is 1.94. The van der Waals surface area contributed by atoms with E-state index >= 15 is 0 Å². The van der Waals surface area contributed by atoms with Crippen molar-refractivity contribution >= 4 is 39.5 Å². The molecular weight excluding hydrogens is 428 g/mol. The van der Waals surface area contributed by atoms with Gasteiger partial charge in [0.2, 0.25) is 0 Å². The van der Waals surface area contributed by atoms with E-state index in [4.69, 9.17) is 14.2 Å². The number of nitrogens with zero attached hydrogens (tertiary/aromatic N) is 2. The van der Waals surface area contributed by atoms with Gasteiger partial charge in [-0.25, -0.2) is 4.79 Å². The van der Waals surface area contributed by atoms with Gasteiger partial charge in [-0.15, -0.1) is 6.58 Å². The fourth-order valence-electron chi connectivity index (χ4n) is 3.06. The molecule has 0 aliphatic carbocycles. The van der Waals surface area contributed by atoms with E-state index in [9.17, 15) is 9.59 Å². The van der Waals surface area contributed by atoms with Gasteiger partial charge >= 0.3 is 5.97 Å². The van der Waals surface area contributed by atoms with E-state index in [1.165, 1.54) is 17.4 Å². The lowest BCUT2D eigenvalue weighted by Crippen LogP contribution is -2.15. The molecule has 1 heterocycles. The minimum atomic E-state index is -0.408. The van der Waals surface area contributed by atoms with Crippen molar-refractivity contribution in [2.75, 3.05) is 20.8 Å². The zero-order valence-electron chi connectivity index (χ0n) is 18.2. The zero-order valence-corrected chi connectivity index (χ0v) is 19.0. The first-order chi connectivity index (χ1) is 15.5. The number of allylic oxidation sites excluding steroid dienone is 1. The van der Waals surface area contributed by atoms with Crippen molar-refractivity contribution in [2.45, 2.75) is 13.5 Å². The van der Waals surface area contributed by atoms with Crippen molar-refractivity contribution in [2.24, 2.45) is 4.99 Å². The molecule has 0 unspecified atom stereocenters. The minimum Gasteiger partial charge on any atom is -0.493 e. The smallest absolute Gasteiger partial charge is 0.338 e. The highest BCUT2D eigenvalue weighted by atomic mass is 32.1. The molecule has 166 valence electrons. The molecule has 0 atom stereocenters. The lowest BCUT2D eigenvalue weighted by Gasteiger charge is -2.07. The van der Waals surface area contributed by atoms with Crippen LogP contribution in [0.4, 0.5) is 0 Å². The Morgan fingerprint density at radius 1 is 1.12 bits per heavy atom. The molecule has 1 aromatic heterocycles. The fraction of sp³-hybridized carbons (Fsp3) is 0.208. The molecular formula is C24H24N2O5S. The van der Waals surface area contributed by atoms with Gasteiger partial charge in [-0.3, -0.25) is 4.79 Å². The summed E-state index contributed by atoms with van der Waals surface area (Å²) < 4.78 is 18.3. The average Bonchev–Trinajstić information content (AvgIpc) is 3.13. The lowest BCUT2D eigenvalue weighted by molar-refractivity contribution is -0.113. The van der Waals surface area contributed by atoms with Gasteiger partial charge in [0.25, 0.3) is 5.91 Å². The Morgan fingerprint density at radius 2 is 1.91 bits per heavy atom. The van der Waals surface area contributed by atoms with Crippen molar-refractivity contribution in [1.29, 1.82) is 0 Å². The van der Waals surface area contributed by atoms with Crippen LogP contribution in [0, 0.1) is 0 Å². The molecule has 3 aromatic rings. The number of esters is 1. The van der Waals surface area contributed by atoms with Crippen LogP contribution in [0.1, 0.15) is 22.8 Å². The van der Waals surface area contributed by atoms with Crippen LogP contribution < -0.4 is 14.3 Å². The summed E-state index contributed by atoms with van der Waals surface area (Å²) in [6.45, 7) is 6.33. The summed E-state index contributed by atoms with van der Waals surface area (Å²) >= 11 is 1.32. The van der Waals surface area contributed by atoms with Crippen molar-refractivity contribution < 1.29 is 23.8 Å². The van der Waals surface area contributed by atoms with E-state index < -0.39 is 5.91 Å². The van der Waals surface area contributed by atoms with E-state index in [2.05, 4.69) is 11.6 Å². The van der Waals surface area contributed by atoms with Crippen molar-refractivity contribution in [3.63, 3.8) is 0 Å². The van der Waals surface area contributed by atoms with Crippen LogP contribution >= 0.6 is 11.3 Å². The average molecular weight is 453 g/mol. The summed E-state index contributed by atoms with van der Waals surface area (Å²) in [7, 11) is 3.12. The first-order valence-corrected chi connectivity index (χ1v) is 10.7. The molecule has 8 heteroatoms. The molecule has 0 aliphatic rings. The van der Waals surface area contributed by atoms with Crippen LogP contribution in [0.25, 0.3) is 16.3 Å². The largest absolute Gasteiger partial charge is 0.493 e. The number of rotatable bonds is 8. The number of carbonyl (C=O) groups excluding carboxylic acids is 2. The Hall–Kier alpha value is -3.65. The summed E-state index contributed by atoms with van der Waals surface area (Å²) in [6, 6.07) is 10.6. The molecule has 0 N–H and O–H groups in total. The summed E-state index contributed by atoms with van der Waals surface area (Å²) in [4.78, 5) is 29.4. The molecule has 1 amide bonds. The van der Waals surface area contributed by atoms with Crippen molar-refractivity contribution in [3.8, 4) is 11.5 Å². The van der Waals surface area contributed by atoms with Crippen LogP contribution in [-0.4, -0.2) is 37.3 Å². The maximum absolute atomic E-state index is 12.5. The number of hydrogen-bond donors (Lipinski definition) is 0. The molecule has 0 saturated heterocycles. The second-order valence-electron chi connectivity index (χ2n) is 6.58. The third kappa shape index (κ3) is 5.15. The number of amides is 1. The Kier molecular flexibility index (Phi) is 7.62. The Bertz CT molecular complexity index is 1250. The molecule has 2 aromatic carbocycles. The topological polar surface area (TPSA) is 79.1 Å². The van der Waals surface area contributed by atoms with E-state index in [0.29, 0.717) is 35.0 Å². The van der Waals surface area contributed by atoms with Crippen LogP contribution in [0.5, 0.6) is 11.5 Å².